The van der Waals surface area contributed by atoms with Crippen LogP contribution in [0.1, 0.15) is 39.0 Å². The Morgan fingerprint density at radius 3 is 2.50 bits per heavy atom. The van der Waals surface area contributed by atoms with Gasteiger partial charge in [-0.05, 0) is 44.5 Å². The highest BCUT2D eigenvalue weighted by Gasteiger charge is 2.19. The minimum Gasteiger partial charge on any atom is -0.354 e. The van der Waals surface area contributed by atoms with Crippen molar-refractivity contribution in [2.75, 3.05) is 5.32 Å². The summed E-state index contributed by atoms with van der Waals surface area (Å²) in [5, 5.41) is 3.30. The maximum Gasteiger partial charge on any atom is 0.272 e. The van der Waals surface area contributed by atoms with Gasteiger partial charge in [0.1, 0.15) is 5.69 Å². The molecule has 0 atom stereocenters. The molecule has 0 aliphatic carbocycles. The highest BCUT2D eigenvalue weighted by molar-refractivity contribution is 6.31. The van der Waals surface area contributed by atoms with E-state index in [4.69, 9.17) is 11.6 Å². The van der Waals surface area contributed by atoms with Gasteiger partial charge in [-0.25, -0.2) is 0 Å². The van der Waals surface area contributed by atoms with E-state index in [0.29, 0.717) is 33.2 Å². The van der Waals surface area contributed by atoms with Crippen LogP contribution in [0.3, 0.4) is 0 Å². The molecule has 0 unspecified atom stereocenters. The fourth-order valence-electron chi connectivity index (χ4n) is 2.26. The van der Waals surface area contributed by atoms with Crippen LogP contribution in [-0.2, 0) is 0 Å². The first kappa shape index (κ1) is 14.3. The molecule has 0 spiro atoms. The number of aromatic nitrogens is 1. The summed E-state index contributed by atoms with van der Waals surface area (Å²) in [4.78, 5) is 26.8. The number of Topliss-reactive ketones (excluding diaryl/α,β-unsaturated/α-hetero) is 1. The molecule has 20 heavy (non-hydrogen) atoms. The summed E-state index contributed by atoms with van der Waals surface area (Å²) in [7, 11) is 0. The lowest BCUT2D eigenvalue weighted by atomic mass is 10.1. The molecule has 2 N–H and O–H groups in total. The molecule has 104 valence electrons. The van der Waals surface area contributed by atoms with Gasteiger partial charge in [0, 0.05) is 22.0 Å². The molecule has 5 heteroatoms. The SMILES string of the molecule is CC(=O)c1c(C)[nH]c(C(=O)Nc2cccc(Cl)c2)c1C. The standard InChI is InChI=1S/C15H15ClN2O2/c1-8-13(10(3)19)9(2)17-14(8)15(20)18-12-6-4-5-11(16)7-12/h4-7,17H,1-3H3,(H,18,20). The van der Waals surface area contributed by atoms with Gasteiger partial charge in [-0.3, -0.25) is 9.59 Å². The van der Waals surface area contributed by atoms with Crippen molar-refractivity contribution in [3.63, 3.8) is 0 Å². The molecule has 0 aliphatic heterocycles. The number of H-pyrrole nitrogens is 1. The third-order valence-electron chi connectivity index (χ3n) is 3.10. The summed E-state index contributed by atoms with van der Waals surface area (Å²) < 4.78 is 0. The zero-order chi connectivity index (χ0) is 14.9. The number of rotatable bonds is 3. The molecule has 4 nitrogen and oxygen atoms in total. The smallest absolute Gasteiger partial charge is 0.272 e. The molecule has 2 rings (SSSR count). The van der Waals surface area contributed by atoms with Gasteiger partial charge in [0.2, 0.25) is 0 Å². The summed E-state index contributed by atoms with van der Waals surface area (Å²) >= 11 is 5.87. The number of benzene rings is 1. The highest BCUT2D eigenvalue weighted by Crippen LogP contribution is 2.20. The Hall–Kier alpha value is -2.07. The number of ketones is 1. The van der Waals surface area contributed by atoms with Crippen LogP contribution in [0, 0.1) is 13.8 Å². The van der Waals surface area contributed by atoms with Crippen molar-refractivity contribution >= 4 is 29.0 Å². The van der Waals surface area contributed by atoms with E-state index in [2.05, 4.69) is 10.3 Å². The van der Waals surface area contributed by atoms with Crippen LogP contribution in [-0.4, -0.2) is 16.7 Å². The topological polar surface area (TPSA) is 62.0 Å². The monoisotopic (exact) mass is 290 g/mol. The van der Waals surface area contributed by atoms with Crippen molar-refractivity contribution in [1.29, 1.82) is 0 Å². The van der Waals surface area contributed by atoms with Crippen LogP contribution < -0.4 is 5.32 Å². The lowest BCUT2D eigenvalue weighted by Crippen LogP contribution is -2.13. The molecule has 0 aliphatic rings. The summed E-state index contributed by atoms with van der Waals surface area (Å²) in [5.41, 5.74) is 2.94. The quantitative estimate of drug-likeness (QED) is 0.846. The van der Waals surface area contributed by atoms with E-state index in [1.165, 1.54) is 6.92 Å². The largest absolute Gasteiger partial charge is 0.354 e. The van der Waals surface area contributed by atoms with Crippen molar-refractivity contribution < 1.29 is 9.59 Å². The summed E-state index contributed by atoms with van der Waals surface area (Å²) in [6.07, 6.45) is 0. The van der Waals surface area contributed by atoms with Crippen LogP contribution in [0.15, 0.2) is 24.3 Å². The van der Waals surface area contributed by atoms with E-state index in [1.54, 1.807) is 38.1 Å². The number of hydrogen-bond acceptors (Lipinski definition) is 2. The minimum atomic E-state index is -0.291. The third-order valence-corrected chi connectivity index (χ3v) is 3.33. The fraction of sp³-hybridized carbons (Fsp3) is 0.200. The van der Waals surface area contributed by atoms with Gasteiger partial charge in [0.05, 0.1) is 0 Å². The molecule has 0 radical (unpaired) electrons. The minimum absolute atomic E-state index is 0.0574. The molecule has 1 amide bonds. The highest BCUT2D eigenvalue weighted by atomic mass is 35.5. The van der Waals surface area contributed by atoms with Crippen LogP contribution in [0.25, 0.3) is 0 Å². The van der Waals surface area contributed by atoms with Gasteiger partial charge >= 0.3 is 0 Å². The maximum atomic E-state index is 12.2. The van der Waals surface area contributed by atoms with E-state index in [0.717, 1.165) is 0 Å². The fourth-order valence-corrected chi connectivity index (χ4v) is 2.46. The van der Waals surface area contributed by atoms with Gasteiger partial charge in [0.15, 0.2) is 5.78 Å². The van der Waals surface area contributed by atoms with Gasteiger partial charge < -0.3 is 10.3 Å². The number of nitrogens with one attached hydrogen (secondary N) is 2. The van der Waals surface area contributed by atoms with E-state index in [-0.39, 0.29) is 11.7 Å². The predicted molar refractivity (Wildman–Crippen MR) is 79.7 cm³/mol. The molecular weight excluding hydrogens is 276 g/mol. The molecule has 0 saturated carbocycles. The van der Waals surface area contributed by atoms with Crippen molar-refractivity contribution in [3.8, 4) is 0 Å². The Morgan fingerprint density at radius 2 is 1.95 bits per heavy atom. The zero-order valence-corrected chi connectivity index (χ0v) is 12.3. The average Bonchev–Trinajstić information content (AvgIpc) is 2.64. The first-order valence-electron chi connectivity index (χ1n) is 6.17. The Labute approximate surface area is 122 Å². The predicted octanol–water partition coefficient (Wildman–Crippen LogP) is 3.74. The molecule has 1 aromatic heterocycles. The van der Waals surface area contributed by atoms with Crippen LogP contribution in [0.4, 0.5) is 5.69 Å². The Kier molecular flexibility index (Phi) is 3.95. The Bertz CT molecular complexity index is 689. The van der Waals surface area contributed by atoms with Crippen LogP contribution >= 0.6 is 11.6 Å². The number of aryl methyl sites for hydroxylation is 1. The second kappa shape index (κ2) is 5.51. The normalized spacial score (nSPS) is 10.4. The van der Waals surface area contributed by atoms with E-state index in [1.807, 2.05) is 0 Å². The first-order valence-corrected chi connectivity index (χ1v) is 6.55. The Balaban J connectivity index is 2.31. The number of carbonyl (C=O) groups is 2. The number of amides is 1. The first-order chi connectivity index (χ1) is 9.40. The lowest BCUT2D eigenvalue weighted by molar-refractivity contribution is 0.101. The summed E-state index contributed by atoms with van der Waals surface area (Å²) in [6, 6.07) is 6.90. The summed E-state index contributed by atoms with van der Waals surface area (Å²) in [5.74, 6) is -0.349. The van der Waals surface area contributed by atoms with E-state index in [9.17, 15) is 9.59 Å². The molecule has 0 fully saturated rings. The summed E-state index contributed by atoms with van der Waals surface area (Å²) in [6.45, 7) is 5.02. The van der Waals surface area contributed by atoms with Crippen molar-refractivity contribution in [2.24, 2.45) is 0 Å². The molecule has 2 aromatic rings. The van der Waals surface area contributed by atoms with E-state index >= 15 is 0 Å². The molecule has 0 saturated heterocycles. The molecule has 1 heterocycles. The van der Waals surface area contributed by atoms with Gasteiger partial charge in [-0.1, -0.05) is 17.7 Å². The second-order valence-corrected chi connectivity index (χ2v) is 5.08. The number of aromatic amines is 1. The third kappa shape index (κ3) is 2.75. The Morgan fingerprint density at radius 1 is 1.25 bits per heavy atom. The number of halogens is 1. The lowest BCUT2D eigenvalue weighted by Gasteiger charge is -2.05. The van der Waals surface area contributed by atoms with Gasteiger partial charge in [-0.2, -0.15) is 0 Å². The van der Waals surface area contributed by atoms with Gasteiger partial charge in [-0.15, -0.1) is 0 Å². The average molecular weight is 291 g/mol. The van der Waals surface area contributed by atoms with Crippen molar-refractivity contribution in [3.05, 3.63) is 51.8 Å². The van der Waals surface area contributed by atoms with Crippen molar-refractivity contribution in [1.82, 2.24) is 4.98 Å². The van der Waals surface area contributed by atoms with Crippen molar-refractivity contribution in [2.45, 2.75) is 20.8 Å². The van der Waals surface area contributed by atoms with Crippen LogP contribution in [0.2, 0.25) is 5.02 Å². The van der Waals surface area contributed by atoms with E-state index < -0.39 is 0 Å². The van der Waals surface area contributed by atoms with Gasteiger partial charge in [0.25, 0.3) is 5.91 Å². The molecule has 1 aromatic carbocycles. The molecular formula is C15H15ClN2O2. The zero-order valence-electron chi connectivity index (χ0n) is 11.5. The second-order valence-electron chi connectivity index (χ2n) is 4.65. The maximum absolute atomic E-state index is 12.2. The molecule has 0 bridgehead atoms. The van der Waals surface area contributed by atoms with Crippen LogP contribution in [0.5, 0.6) is 0 Å². The number of anilines is 1. The number of hydrogen-bond donors (Lipinski definition) is 2. The number of carbonyl (C=O) groups excluding carboxylic acids is 2.